The lowest BCUT2D eigenvalue weighted by molar-refractivity contribution is 0.0963. The fourth-order valence-electron chi connectivity index (χ4n) is 2.18. The number of amides is 1. The molecule has 1 saturated heterocycles. The summed E-state index contributed by atoms with van der Waals surface area (Å²) < 4.78 is 5.00. The number of ether oxygens (including phenoxy) is 1. The monoisotopic (exact) mass is 427 g/mol. The van der Waals surface area contributed by atoms with E-state index in [4.69, 9.17) is 10.5 Å². The second-order valence-corrected chi connectivity index (χ2v) is 5.27. The molecule has 8 heteroatoms. The van der Waals surface area contributed by atoms with E-state index in [2.05, 4.69) is 29.2 Å². The molecule has 0 aromatic rings. The van der Waals surface area contributed by atoms with Gasteiger partial charge >= 0.3 is 6.09 Å². The predicted octanol–water partition coefficient (Wildman–Crippen LogP) is 1.08. The molecule has 3 N–H and O–H groups in total. The number of hydrogen-bond acceptors (Lipinski definition) is 4. The molecule has 0 atom stereocenters. The molecule has 22 heavy (non-hydrogen) atoms. The highest BCUT2D eigenvalue weighted by Gasteiger charge is 2.23. The van der Waals surface area contributed by atoms with Gasteiger partial charge < -0.3 is 25.6 Å². The van der Waals surface area contributed by atoms with Crippen LogP contribution in [0.5, 0.6) is 0 Å². The van der Waals surface area contributed by atoms with E-state index >= 15 is 0 Å². The molecule has 0 bridgehead atoms. The van der Waals surface area contributed by atoms with E-state index in [0.717, 1.165) is 25.9 Å². The standard InChI is InChI=1S/C14H29N5O2.HI/c1-4-18(3)11-8-16-13(15)17-12-6-9-19(10-7-12)14(20)21-5-2;/h12H,4-11H2,1-3H3,(H3,15,16,17);1H. The molecule has 0 spiro atoms. The second-order valence-electron chi connectivity index (χ2n) is 5.27. The van der Waals surface area contributed by atoms with E-state index in [9.17, 15) is 4.79 Å². The minimum Gasteiger partial charge on any atom is -0.450 e. The fourth-order valence-corrected chi connectivity index (χ4v) is 2.18. The number of likely N-dealkylation sites (tertiary alicyclic amines) is 1. The Morgan fingerprint density at radius 2 is 2.05 bits per heavy atom. The molecular weight excluding hydrogens is 397 g/mol. The number of nitrogens with zero attached hydrogens (tertiary/aromatic N) is 3. The normalized spacial score (nSPS) is 16.4. The molecule has 1 heterocycles. The third kappa shape index (κ3) is 8.02. The number of nitrogens with one attached hydrogen (secondary N) is 1. The summed E-state index contributed by atoms with van der Waals surface area (Å²) in [5.74, 6) is 0.495. The van der Waals surface area contributed by atoms with Gasteiger partial charge in [0.2, 0.25) is 0 Å². The molecule has 1 rings (SSSR count). The topological polar surface area (TPSA) is 83.2 Å². The number of likely N-dealkylation sites (N-methyl/N-ethyl adjacent to an activating group) is 1. The molecule has 0 saturated carbocycles. The SMILES string of the molecule is CCOC(=O)N1CCC(NC(N)=NCCN(C)CC)CC1.I. The van der Waals surface area contributed by atoms with Gasteiger partial charge in [-0.1, -0.05) is 6.92 Å². The summed E-state index contributed by atoms with van der Waals surface area (Å²) in [5, 5.41) is 3.23. The first kappa shape index (κ1) is 21.2. The molecule has 0 radical (unpaired) electrons. The van der Waals surface area contributed by atoms with E-state index in [0.29, 0.717) is 32.2 Å². The first-order valence-electron chi connectivity index (χ1n) is 7.73. The van der Waals surface area contributed by atoms with E-state index in [-0.39, 0.29) is 36.1 Å². The summed E-state index contributed by atoms with van der Waals surface area (Å²) in [6.45, 7) is 8.36. The highest BCUT2D eigenvalue weighted by molar-refractivity contribution is 14.0. The summed E-state index contributed by atoms with van der Waals surface area (Å²) in [6, 6.07) is 0.281. The maximum atomic E-state index is 11.6. The zero-order chi connectivity index (χ0) is 15.7. The lowest BCUT2D eigenvalue weighted by Crippen LogP contribution is -2.48. The smallest absolute Gasteiger partial charge is 0.409 e. The highest BCUT2D eigenvalue weighted by Crippen LogP contribution is 2.11. The molecule has 0 unspecified atom stereocenters. The van der Waals surface area contributed by atoms with Gasteiger partial charge in [-0.25, -0.2) is 4.79 Å². The van der Waals surface area contributed by atoms with Crippen LogP contribution in [0, 0.1) is 0 Å². The van der Waals surface area contributed by atoms with Gasteiger partial charge in [-0.15, -0.1) is 24.0 Å². The van der Waals surface area contributed by atoms with Crippen molar-refractivity contribution in [2.45, 2.75) is 32.7 Å². The van der Waals surface area contributed by atoms with Crippen molar-refractivity contribution < 1.29 is 9.53 Å². The number of hydrogen-bond donors (Lipinski definition) is 2. The Hall–Kier alpha value is -0.770. The average molecular weight is 427 g/mol. The number of aliphatic imine (C=N–C) groups is 1. The Bertz CT molecular complexity index is 346. The van der Waals surface area contributed by atoms with Gasteiger partial charge in [0, 0.05) is 25.7 Å². The van der Waals surface area contributed by atoms with E-state index in [1.54, 1.807) is 4.90 Å². The predicted molar refractivity (Wildman–Crippen MR) is 99.8 cm³/mol. The van der Waals surface area contributed by atoms with Crippen LogP contribution in [0.4, 0.5) is 4.79 Å². The molecule has 1 aliphatic rings. The largest absolute Gasteiger partial charge is 0.450 e. The quantitative estimate of drug-likeness (QED) is 0.377. The van der Waals surface area contributed by atoms with Crippen molar-refractivity contribution in [1.82, 2.24) is 15.1 Å². The highest BCUT2D eigenvalue weighted by atomic mass is 127. The van der Waals surface area contributed by atoms with Gasteiger partial charge in [0.1, 0.15) is 0 Å². The van der Waals surface area contributed by atoms with Gasteiger partial charge in [0.15, 0.2) is 5.96 Å². The fraction of sp³-hybridized carbons (Fsp3) is 0.857. The summed E-state index contributed by atoms with van der Waals surface area (Å²) in [7, 11) is 2.06. The van der Waals surface area contributed by atoms with Crippen LogP contribution in [0.3, 0.4) is 0 Å². The van der Waals surface area contributed by atoms with Crippen LogP contribution < -0.4 is 11.1 Å². The molecule has 1 amide bonds. The number of rotatable bonds is 6. The van der Waals surface area contributed by atoms with Crippen LogP contribution in [0.2, 0.25) is 0 Å². The summed E-state index contributed by atoms with van der Waals surface area (Å²) in [5.41, 5.74) is 5.89. The molecule has 1 fully saturated rings. The maximum absolute atomic E-state index is 11.6. The van der Waals surface area contributed by atoms with Crippen LogP contribution in [-0.4, -0.2) is 74.3 Å². The Morgan fingerprint density at radius 3 is 2.59 bits per heavy atom. The van der Waals surface area contributed by atoms with Crippen molar-refractivity contribution in [3.63, 3.8) is 0 Å². The van der Waals surface area contributed by atoms with Crippen LogP contribution in [0.1, 0.15) is 26.7 Å². The first-order chi connectivity index (χ1) is 10.1. The maximum Gasteiger partial charge on any atom is 0.409 e. The van der Waals surface area contributed by atoms with Crippen molar-refractivity contribution in [2.24, 2.45) is 10.7 Å². The molecule has 0 aliphatic carbocycles. The lowest BCUT2D eigenvalue weighted by atomic mass is 10.1. The van der Waals surface area contributed by atoms with Gasteiger partial charge in [-0.2, -0.15) is 0 Å². The van der Waals surface area contributed by atoms with E-state index in [1.807, 2.05) is 6.92 Å². The van der Waals surface area contributed by atoms with Crippen LogP contribution in [0.15, 0.2) is 4.99 Å². The number of guanidine groups is 1. The molecule has 0 aromatic heterocycles. The third-order valence-corrected chi connectivity index (χ3v) is 3.68. The van der Waals surface area contributed by atoms with E-state index < -0.39 is 0 Å². The minimum absolute atomic E-state index is 0. The van der Waals surface area contributed by atoms with E-state index in [1.165, 1.54) is 0 Å². The van der Waals surface area contributed by atoms with Crippen molar-refractivity contribution >= 4 is 36.0 Å². The Morgan fingerprint density at radius 1 is 1.41 bits per heavy atom. The van der Waals surface area contributed by atoms with Gasteiger partial charge in [0.05, 0.1) is 13.2 Å². The second kappa shape index (κ2) is 11.8. The Balaban J connectivity index is 0.00000441. The number of nitrogens with two attached hydrogens (primary N) is 1. The molecule has 1 aliphatic heterocycles. The molecular formula is C14H30IN5O2. The van der Waals surface area contributed by atoms with Crippen molar-refractivity contribution in [3.8, 4) is 0 Å². The minimum atomic E-state index is -0.222. The van der Waals surface area contributed by atoms with Crippen LogP contribution in [-0.2, 0) is 4.74 Å². The van der Waals surface area contributed by atoms with Crippen molar-refractivity contribution in [1.29, 1.82) is 0 Å². The zero-order valence-electron chi connectivity index (χ0n) is 13.9. The molecule has 7 nitrogen and oxygen atoms in total. The number of halogens is 1. The van der Waals surface area contributed by atoms with Crippen molar-refractivity contribution in [2.75, 3.05) is 46.4 Å². The lowest BCUT2D eigenvalue weighted by Gasteiger charge is -2.31. The molecule has 0 aromatic carbocycles. The summed E-state index contributed by atoms with van der Waals surface area (Å²) >= 11 is 0. The Labute approximate surface area is 150 Å². The van der Waals surface area contributed by atoms with Gasteiger partial charge in [-0.05, 0) is 33.4 Å². The number of carbonyl (C=O) groups is 1. The number of carbonyl (C=O) groups excluding carboxylic acids is 1. The number of piperidine rings is 1. The van der Waals surface area contributed by atoms with Crippen LogP contribution in [0.25, 0.3) is 0 Å². The average Bonchev–Trinajstić information content (AvgIpc) is 2.48. The summed E-state index contributed by atoms with van der Waals surface area (Å²) in [4.78, 5) is 19.8. The summed E-state index contributed by atoms with van der Waals surface area (Å²) in [6.07, 6.45) is 1.51. The van der Waals surface area contributed by atoms with Gasteiger partial charge in [-0.3, -0.25) is 4.99 Å². The molecule has 130 valence electrons. The Kier molecular flexibility index (Phi) is 11.3. The van der Waals surface area contributed by atoms with Gasteiger partial charge in [0.25, 0.3) is 0 Å². The van der Waals surface area contributed by atoms with Crippen LogP contribution >= 0.6 is 24.0 Å². The zero-order valence-corrected chi connectivity index (χ0v) is 16.2. The third-order valence-electron chi connectivity index (χ3n) is 3.68. The first-order valence-corrected chi connectivity index (χ1v) is 7.73. The van der Waals surface area contributed by atoms with Crippen molar-refractivity contribution in [3.05, 3.63) is 0 Å².